The summed E-state index contributed by atoms with van der Waals surface area (Å²) in [4.78, 5) is 24.6. The summed E-state index contributed by atoms with van der Waals surface area (Å²) in [5.41, 5.74) is -0.0451. The number of aromatic amines is 1. The van der Waals surface area contributed by atoms with E-state index in [1.54, 1.807) is 4.90 Å². The van der Waals surface area contributed by atoms with E-state index in [0.717, 1.165) is 6.42 Å². The Hall–Kier alpha value is -1.69. The van der Waals surface area contributed by atoms with Crippen LogP contribution >= 0.6 is 0 Å². The molecule has 1 aliphatic rings. The average molecular weight is 237 g/mol. The molecule has 17 heavy (non-hydrogen) atoms. The van der Waals surface area contributed by atoms with Gasteiger partial charge in [0.1, 0.15) is 5.69 Å². The van der Waals surface area contributed by atoms with Gasteiger partial charge in [0.15, 0.2) is 0 Å². The lowest BCUT2D eigenvalue weighted by atomic mass is 10.2. The third-order valence-corrected chi connectivity index (χ3v) is 2.78. The molecule has 1 amide bonds. The second-order valence-electron chi connectivity index (χ2n) is 3.96. The van der Waals surface area contributed by atoms with Crippen LogP contribution in [-0.2, 0) is 4.74 Å². The van der Waals surface area contributed by atoms with Gasteiger partial charge in [-0.05, 0) is 12.5 Å². The largest absolute Gasteiger partial charge is 0.375 e. The van der Waals surface area contributed by atoms with Crippen LogP contribution in [0.1, 0.15) is 23.8 Å². The van der Waals surface area contributed by atoms with Crippen molar-refractivity contribution in [3.8, 4) is 0 Å². The molecule has 2 rings (SSSR count). The first-order valence-corrected chi connectivity index (χ1v) is 5.67. The quantitative estimate of drug-likeness (QED) is 0.786. The van der Waals surface area contributed by atoms with Crippen molar-refractivity contribution in [3.63, 3.8) is 0 Å². The molecule has 1 atom stereocenters. The highest BCUT2D eigenvalue weighted by Gasteiger charge is 2.24. The summed E-state index contributed by atoms with van der Waals surface area (Å²) in [6.45, 7) is 3.72. The van der Waals surface area contributed by atoms with Crippen molar-refractivity contribution in [2.24, 2.45) is 0 Å². The molecule has 1 aliphatic heterocycles. The molecule has 2 heterocycles. The first-order chi connectivity index (χ1) is 8.20. The van der Waals surface area contributed by atoms with Crippen molar-refractivity contribution < 1.29 is 9.53 Å². The second kappa shape index (κ2) is 5.09. The number of rotatable bonds is 2. The van der Waals surface area contributed by atoms with Crippen LogP contribution in [0.15, 0.2) is 16.9 Å². The fourth-order valence-electron chi connectivity index (χ4n) is 1.78. The van der Waals surface area contributed by atoms with E-state index in [1.165, 1.54) is 12.1 Å². The van der Waals surface area contributed by atoms with E-state index < -0.39 is 0 Å². The minimum Gasteiger partial charge on any atom is -0.375 e. The molecule has 0 aliphatic carbocycles. The topological polar surface area (TPSA) is 75.3 Å². The average Bonchev–Trinajstić information content (AvgIpc) is 2.39. The second-order valence-corrected chi connectivity index (χ2v) is 3.96. The molecule has 0 bridgehead atoms. The highest BCUT2D eigenvalue weighted by Crippen LogP contribution is 2.10. The highest BCUT2D eigenvalue weighted by molar-refractivity contribution is 5.92. The number of hydrogen-bond acceptors (Lipinski definition) is 4. The fourth-order valence-corrected chi connectivity index (χ4v) is 1.78. The van der Waals surface area contributed by atoms with Crippen molar-refractivity contribution in [2.75, 3.05) is 19.7 Å². The zero-order chi connectivity index (χ0) is 12.3. The number of nitrogens with one attached hydrogen (secondary N) is 1. The molecule has 0 radical (unpaired) electrons. The number of morpholine rings is 1. The maximum atomic E-state index is 12.1. The lowest BCUT2D eigenvalue weighted by Gasteiger charge is -2.32. The Morgan fingerprint density at radius 2 is 2.47 bits per heavy atom. The van der Waals surface area contributed by atoms with Crippen molar-refractivity contribution in [3.05, 3.63) is 28.2 Å². The summed E-state index contributed by atoms with van der Waals surface area (Å²) < 4.78 is 5.49. The van der Waals surface area contributed by atoms with Gasteiger partial charge in [-0.3, -0.25) is 9.59 Å². The molecule has 6 nitrogen and oxygen atoms in total. The fraction of sp³-hybridized carbons (Fsp3) is 0.545. The Balaban J connectivity index is 2.09. The summed E-state index contributed by atoms with van der Waals surface area (Å²) in [6.07, 6.45) is 0.971. The monoisotopic (exact) mass is 237 g/mol. The molecule has 0 saturated carbocycles. The van der Waals surface area contributed by atoms with Gasteiger partial charge in [0, 0.05) is 19.2 Å². The maximum absolute atomic E-state index is 12.1. The van der Waals surface area contributed by atoms with E-state index in [2.05, 4.69) is 10.2 Å². The number of hydrogen-bond donors (Lipinski definition) is 1. The smallest absolute Gasteiger partial charge is 0.274 e. The van der Waals surface area contributed by atoms with Crippen LogP contribution in [-0.4, -0.2) is 46.8 Å². The summed E-state index contributed by atoms with van der Waals surface area (Å²) in [7, 11) is 0. The standard InChI is InChI=1S/C11H15N3O3/c1-2-8-7-14(5-6-17-8)11(16)9-3-4-10(15)13-12-9/h3-4,8H,2,5-7H2,1H3,(H,13,15). The summed E-state index contributed by atoms with van der Waals surface area (Å²) in [5.74, 6) is -0.164. The lowest BCUT2D eigenvalue weighted by molar-refractivity contribution is -0.0228. The number of carbonyl (C=O) groups is 1. The molecule has 1 aromatic rings. The highest BCUT2D eigenvalue weighted by atomic mass is 16.5. The van der Waals surface area contributed by atoms with Crippen LogP contribution in [0.3, 0.4) is 0 Å². The normalized spacial score (nSPS) is 20.3. The molecule has 1 saturated heterocycles. The maximum Gasteiger partial charge on any atom is 0.274 e. The van der Waals surface area contributed by atoms with E-state index in [0.29, 0.717) is 19.7 Å². The van der Waals surface area contributed by atoms with Crippen molar-refractivity contribution in [2.45, 2.75) is 19.4 Å². The number of aromatic nitrogens is 2. The van der Waals surface area contributed by atoms with Crippen LogP contribution in [0, 0.1) is 0 Å². The van der Waals surface area contributed by atoms with Gasteiger partial charge in [-0.1, -0.05) is 6.92 Å². The molecule has 1 unspecified atom stereocenters. The summed E-state index contributed by atoms with van der Waals surface area (Å²) in [5, 5.41) is 6.00. The molecular formula is C11H15N3O3. The Morgan fingerprint density at radius 3 is 3.12 bits per heavy atom. The van der Waals surface area contributed by atoms with E-state index in [-0.39, 0.29) is 23.3 Å². The first kappa shape index (κ1) is 11.8. The van der Waals surface area contributed by atoms with E-state index in [4.69, 9.17) is 4.74 Å². The van der Waals surface area contributed by atoms with Crippen LogP contribution < -0.4 is 5.56 Å². The van der Waals surface area contributed by atoms with Gasteiger partial charge in [-0.2, -0.15) is 5.10 Å². The molecule has 92 valence electrons. The predicted molar refractivity (Wildman–Crippen MR) is 60.8 cm³/mol. The van der Waals surface area contributed by atoms with Gasteiger partial charge in [0.05, 0.1) is 12.7 Å². The van der Waals surface area contributed by atoms with Gasteiger partial charge in [0.25, 0.3) is 11.5 Å². The predicted octanol–water partition coefficient (Wildman–Crippen LogP) is 0.0209. The number of nitrogens with zero attached hydrogens (tertiary/aromatic N) is 2. The zero-order valence-electron chi connectivity index (χ0n) is 9.68. The molecule has 1 aromatic heterocycles. The van der Waals surface area contributed by atoms with Crippen LogP contribution in [0.25, 0.3) is 0 Å². The molecule has 1 fully saturated rings. The van der Waals surface area contributed by atoms with Gasteiger partial charge in [-0.25, -0.2) is 5.10 Å². The third-order valence-electron chi connectivity index (χ3n) is 2.78. The van der Waals surface area contributed by atoms with Gasteiger partial charge >= 0.3 is 0 Å². The van der Waals surface area contributed by atoms with Gasteiger partial charge in [-0.15, -0.1) is 0 Å². The molecule has 0 spiro atoms. The minimum absolute atomic E-state index is 0.0930. The minimum atomic E-state index is -0.310. The zero-order valence-corrected chi connectivity index (χ0v) is 9.68. The first-order valence-electron chi connectivity index (χ1n) is 5.67. The SMILES string of the molecule is CCC1CN(C(=O)c2ccc(=O)[nH]n2)CCO1. The Morgan fingerprint density at radius 1 is 1.65 bits per heavy atom. The number of H-pyrrole nitrogens is 1. The summed E-state index contributed by atoms with van der Waals surface area (Å²) >= 11 is 0. The summed E-state index contributed by atoms with van der Waals surface area (Å²) in [6, 6.07) is 2.75. The van der Waals surface area contributed by atoms with E-state index in [1.807, 2.05) is 6.92 Å². The number of amides is 1. The lowest BCUT2D eigenvalue weighted by Crippen LogP contribution is -2.45. The Kier molecular flexibility index (Phi) is 3.53. The number of carbonyl (C=O) groups excluding carboxylic acids is 1. The third kappa shape index (κ3) is 2.71. The van der Waals surface area contributed by atoms with E-state index >= 15 is 0 Å². The van der Waals surface area contributed by atoms with Gasteiger partial charge < -0.3 is 9.64 Å². The van der Waals surface area contributed by atoms with Crippen molar-refractivity contribution >= 4 is 5.91 Å². The molecule has 1 N–H and O–H groups in total. The molecule has 0 aromatic carbocycles. The molecular weight excluding hydrogens is 222 g/mol. The van der Waals surface area contributed by atoms with Crippen molar-refractivity contribution in [1.29, 1.82) is 0 Å². The van der Waals surface area contributed by atoms with Crippen LogP contribution in [0.4, 0.5) is 0 Å². The van der Waals surface area contributed by atoms with Crippen LogP contribution in [0.2, 0.25) is 0 Å². The van der Waals surface area contributed by atoms with Crippen molar-refractivity contribution in [1.82, 2.24) is 15.1 Å². The number of ether oxygens (including phenoxy) is 1. The Bertz CT molecular complexity index is 437. The Labute approximate surface area is 98.6 Å². The van der Waals surface area contributed by atoms with Crippen LogP contribution in [0.5, 0.6) is 0 Å². The van der Waals surface area contributed by atoms with E-state index in [9.17, 15) is 9.59 Å². The molecule has 6 heteroatoms. The van der Waals surface area contributed by atoms with Gasteiger partial charge in [0.2, 0.25) is 0 Å².